The Morgan fingerprint density at radius 2 is 1.66 bits per heavy atom. The molecule has 1 aliphatic heterocycles. The van der Waals surface area contributed by atoms with Crippen LogP contribution >= 0.6 is 0 Å². The lowest BCUT2D eigenvalue weighted by atomic mass is 10.1. The molecule has 10 nitrogen and oxygen atoms in total. The molecule has 0 saturated carbocycles. The third-order valence-corrected chi connectivity index (χ3v) is 4.94. The van der Waals surface area contributed by atoms with Crippen LogP contribution in [-0.4, -0.2) is 57.8 Å². The summed E-state index contributed by atoms with van der Waals surface area (Å²) in [5.74, 6) is -0.821. The first-order chi connectivity index (χ1) is 15.5. The van der Waals surface area contributed by atoms with Crippen LogP contribution in [0, 0.1) is 0 Å². The van der Waals surface area contributed by atoms with Gasteiger partial charge in [-0.15, -0.1) is 0 Å². The summed E-state index contributed by atoms with van der Waals surface area (Å²) in [6, 6.07) is 12.3. The summed E-state index contributed by atoms with van der Waals surface area (Å²) in [5, 5.41) is 3.09. The molecule has 2 aromatic heterocycles. The van der Waals surface area contributed by atoms with Crippen LogP contribution in [0.5, 0.6) is 0 Å². The average molecular weight is 435 g/mol. The molecule has 0 spiro atoms. The Balaban J connectivity index is 1.33. The van der Waals surface area contributed by atoms with Crippen molar-refractivity contribution in [2.24, 2.45) is 0 Å². The fraction of sp³-hybridized carbons (Fsp3) is 0.227. The van der Waals surface area contributed by atoms with E-state index in [9.17, 15) is 14.4 Å². The number of anilines is 2. The van der Waals surface area contributed by atoms with Crippen LogP contribution in [0.3, 0.4) is 0 Å². The van der Waals surface area contributed by atoms with Gasteiger partial charge in [0.2, 0.25) is 11.7 Å². The van der Waals surface area contributed by atoms with E-state index in [1.807, 2.05) is 24.3 Å². The lowest BCUT2D eigenvalue weighted by Gasteiger charge is -2.33. The molecule has 0 bridgehead atoms. The SMILES string of the molecule is COC(=O)c1ccc(CN2CCN(Cc3ccc(Nc4ncccn4)cc3)C(=O)C2=O)o1. The Labute approximate surface area is 183 Å². The molecule has 1 aromatic carbocycles. The number of methoxy groups -OCH3 is 1. The van der Waals surface area contributed by atoms with Crippen molar-refractivity contribution in [2.75, 3.05) is 25.5 Å². The fourth-order valence-corrected chi connectivity index (χ4v) is 3.28. The number of hydrogen-bond acceptors (Lipinski definition) is 8. The number of carbonyl (C=O) groups is 3. The molecule has 1 fully saturated rings. The second kappa shape index (κ2) is 9.29. The van der Waals surface area contributed by atoms with Gasteiger partial charge < -0.3 is 24.3 Å². The first-order valence-electron chi connectivity index (χ1n) is 9.91. The van der Waals surface area contributed by atoms with Crippen molar-refractivity contribution in [3.05, 3.63) is 71.9 Å². The maximum Gasteiger partial charge on any atom is 0.373 e. The second-order valence-electron chi connectivity index (χ2n) is 7.11. The molecule has 3 heterocycles. The zero-order valence-corrected chi connectivity index (χ0v) is 17.4. The summed E-state index contributed by atoms with van der Waals surface area (Å²) < 4.78 is 9.99. The van der Waals surface area contributed by atoms with Gasteiger partial charge in [-0.1, -0.05) is 12.1 Å². The minimum Gasteiger partial charge on any atom is -0.463 e. The summed E-state index contributed by atoms with van der Waals surface area (Å²) >= 11 is 0. The van der Waals surface area contributed by atoms with Gasteiger partial charge in [0.15, 0.2) is 0 Å². The number of furan rings is 1. The molecule has 10 heteroatoms. The summed E-state index contributed by atoms with van der Waals surface area (Å²) in [6.45, 7) is 1.20. The van der Waals surface area contributed by atoms with E-state index in [1.165, 1.54) is 23.0 Å². The zero-order valence-electron chi connectivity index (χ0n) is 17.4. The van der Waals surface area contributed by atoms with Gasteiger partial charge in [-0.05, 0) is 35.9 Å². The lowest BCUT2D eigenvalue weighted by Crippen LogP contribution is -2.53. The van der Waals surface area contributed by atoms with Crippen LogP contribution in [0.2, 0.25) is 0 Å². The van der Waals surface area contributed by atoms with Gasteiger partial charge >= 0.3 is 17.8 Å². The van der Waals surface area contributed by atoms with Gasteiger partial charge in [-0.3, -0.25) is 9.59 Å². The molecule has 4 rings (SSSR count). The highest BCUT2D eigenvalue weighted by Gasteiger charge is 2.33. The molecule has 1 N–H and O–H groups in total. The number of ether oxygens (including phenoxy) is 1. The quantitative estimate of drug-likeness (QED) is 0.442. The van der Waals surface area contributed by atoms with Crippen molar-refractivity contribution < 1.29 is 23.5 Å². The van der Waals surface area contributed by atoms with Crippen LogP contribution in [0.15, 0.2) is 59.3 Å². The highest BCUT2D eigenvalue weighted by atomic mass is 16.5. The lowest BCUT2D eigenvalue weighted by molar-refractivity contribution is -0.157. The van der Waals surface area contributed by atoms with Gasteiger partial charge in [-0.25, -0.2) is 14.8 Å². The smallest absolute Gasteiger partial charge is 0.373 e. The maximum atomic E-state index is 12.6. The summed E-state index contributed by atoms with van der Waals surface area (Å²) in [5.41, 5.74) is 1.71. The number of rotatable bonds is 7. The van der Waals surface area contributed by atoms with Gasteiger partial charge in [0.1, 0.15) is 5.76 Å². The molecule has 0 aliphatic carbocycles. The van der Waals surface area contributed by atoms with E-state index >= 15 is 0 Å². The van der Waals surface area contributed by atoms with E-state index in [4.69, 9.17) is 4.42 Å². The monoisotopic (exact) mass is 435 g/mol. The van der Waals surface area contributed by atoms with Gasteiger partial charge in [-0.2, -0.15) is 0 Å². The van der Waals surface area contributed by atoms with Crippen molar-refractivity contribution in [1.29, 1.82) is 0 Å². The number of piperazine rings is 1. The number of amides is 2. The number of hydrogen-bond donors (Lipinski definition) is 1. The second-order valence-corrected chi connectivity index (χ2v) is 7.11. The van der Waals surface area contributed by atoms with Crippen LogP contribution in [0.1, 0.15) is 21.9 Å². The molecule has 0 unspecified atom stereocenters. The Morgan fingerprint density at radius 3 is 2.31 bits per heavy atom. The van der Waals surface area contributed by atoms with Gasteiger partial charge in [0.05, 0.1) is 13.7 Å². The van der Waals surface area contributed by atoms with E-state index < -0.39 is 17.8 Å². The molecule has 0 radical (unpaired) electrons. The summed E-state index contributed by atoms with van der Waals surface area (Å²) in [7, 11) is 1.26. The van der Waals surface area contributed by atoms with E-state index in [2.05, 4.69) is 20.0 Å². The Morgan fingerprint density at radius 1 is 1.00 bits per heavy atom. The van der Waals surface area contributed by atoms with Gasteiger partial charge in [0.25, 0.3) is 0 Å². The first-order valence-corrected chi connectivity index (χ1v) is 9.91. The molecule has 164 valence electrons. The van der Waals surface area contributed by atoms with Crippen LogP contribution in [0.4, 0.5) is 11.6 Å². The van der Waals surface area contributed by atoms with Gasteiger partial charge in [0, 0.05) is 37.7 Å². The predicted molar refractivity (Wildman–Crippen MR) is 113 cm³/mol. The van der Waals surface area contributed by atoms with E-state index in [-0.39, 0.29) is 12.3 Å². The molecule has 1 saturated heterocycles. The molecule has 32 heavy (non-hydrogen) atoms. The topological polar surface area (TPSA) is 118 Å². The summed E-state index contributed by atoms with van der Waals surface area (Å²) in [6.07, 6.45) is 3.30. The number of aromatic nitrogens is 2. The Bertz CT molecular complexity index is 1110. The highest BCUT2D eigenvalue weighted by Crippen LogP contribution is 2.18. The van der Waals surface area contributed by atoms with Crippen LogP contribution < -0.4 is 5.32 Å². The molecule has 2 amide bonds. The molecular formula is C22H21N5O5. The largest absolute Gasteiger partial charge is 0.463 e. The van der Waals surface area contributed by atoms with E-state index in [0.717, 1.165) is 11.3 Å². The highest BCUT2D eigenvalue weighted by molar-refractivity contribution is 6.35. The third-order valence-electron chi connectivity index (χ3n) is 4.94. The van der Waals surface area contributed by atoms with E-state index in [1.54, 1.807) is 24.5 Å². The number of nitrogens with zero attached hydrogens (tertiary/aromatic N) is 4. The zero-order chi connectivity index (χ0) is 22.5. The standard InChI is InChI=1S/C22H21N5O5/c1-31-21(30)18-8-7-17(32-18)14-27-12-11-26(19(28)20(27)29)13-15-3-5-16(6-4-15)25-22-23-9-2-10-24-22/h2-10H,11-14H2,1H3,(H,23,24,25). The van der Waals surface area contributed by atoms with Crippen LogP contribution in [-0.2, 0) is 27.4 Å². The van der Waals surface area contributed by atoms with Crippen molar-refractivity contribution in [2.45, 2.75) is 13.1 Å². The Kier molecular flexibility index (Phi) is 6.11. The first kappa shape index (κ1) is 21.0. The van der Waals surface area contributed by atoms with Crippen molar-refractivity contribution in [3.8, 4) is 0 Å². The minimum absolute atomic E-state index is 0.0525. The number of benzene rings is 1. The number of nitrogens with one attached hydrogen (secondary N) is 1. The normalized spacial score (nSPS) is 13.9. The number of esters is 1. The minimum atomic E-state index is -0.605. The number of carbonyl (C=O) groups excluding carboxylic acids is 3. The molecular weight excluding hydrogens is 414 g/mol. The van der Waals surface area contributed by atoms with Crippen molar-refractivity contribution in [3.63, 3.8) is 0 Å². The van der Waals surface area contributed by atoms with E-state index in [0.29, 0.717) is 31.3 Å². The average Bonchev–Trinajstić information content (AvgIpc) is 3.29. The van der Waals surface area contributed by atoms with Crippen molar-refractivity contribution >= 4 is 29.4 Å². The summed E-state index contributed by atoms with van der Waals surface area (Å²) in [4.78, 5) is 47.8. The molecule has 1 aliphatic rings. The molecule has 0 atom stereocenters. The fourth-order valence-electron chi connectivity index (χ4n) is 3.28. The van der Waals surface area contributed by atoms with Crippen molar-refractivity contribution in [1.82, 2.24) is 19.8 Å². The third kappa shape index (κ3) is 4.75. The maximum absolute atomic E-state index is 12.6. The predicted octanol–water partition coefficient (Wildman–Crippen LogP) is 1.97. The Hall–Kier alpha value is -4.21. The molecule has 3 aromatic rings. The van der Waals surface area contributed by atoms with Crippen LogP contribution in [0.25, 0.3) is 0 Å².